The van der Waals surface area contributed by atoms with Crippen molar-refractivity contribution in [3.8, 4) is 0 Å². The second kappa shape index (κ2) is 5.20. The fourth-order valence-electron chi connectivity index (χ4n) is 6.15. The molecule has 1 unspecified atom stereocenters. The van der Waals surface area contributed by atoms with Gasteiger partial charge in [0.1, 0.15) is 0 Å². The molecule has 1 atom stereocenters. The van der Waals surface area contributed by atoms with E-state index in [0.29, 0.717) is 11.9 Å². The molecule has 23 heavy (non-hydrogen) atoms. The number of nitrogens with zero attached hydrogens (tertiary/aromatic N) is 2. The lowest BCUT2D eigenvalue weighted by molar-refractivity contribution is -0.146. The summed E-state index contributed by atoms with van der Waals surface area (Å²) in [5, 5.41) is 6.54. The van der Waals surface area contributed by atoms with Crippen molar-refractivity contribution in [3.63, 3.8) is 0 Å². The summed E-state index contributed by atoms with van der Waals surface area (Å²) in [6.07, 6.45) is 10.6. The van der Waals surface area contributed by atoms with E-state index < -0.39 is 0 Å². The van der Waals surface area contributed by atoms with Gasteiger partial charge >= 0.3 is 0 Å². The van der Waals surface area contributed by atoms with Crippen LogP contribution in [0.5, 0.6) is 0 Å². The number of rotatable bonds is 3. The first-order valence-corrected chi connectivity index (χ1v) is 10.0. The van der Waals surface area contributed by atoms with Crippen molar-refractivity contribution < 1.29 is 4.79 Å². The first-order chi connectivity index (χ1) is 11.2. The van der Waals surface area contributed by atoms with Crippen LogP contribution in [0.2, 0.25) is 0 Å². The van der Waals surface area contributed by atoms with Crippen LogP contribution in [0.15, 0.2) is 11.6 Å². The first kappa shape index (κ1) is 14.3. The summed E-state index contributed by atoms with van der Waals surface area (Å²) < 4.78 is 0. The van der Waals surface area contributed by atoms with E-state index >= 15 is 0 Å². The highest BCUT2D eigenvalue weighted by Gasteiger charge is 2.54. The molecule has 0 radical (unpaired) electrons. The molecular weight excluding hydrogens is 306 g/mol. The molecule has 5 aliphatic rings. The predicted octanol–water partition coefficient (Wildman–Crippen LogP) is 3.05. The molecule has 5 heteroatoms. The van der Waals surface area contributed by atoms with E-state index in [1.165, 1.54) is 19.3 Å². The summed E-state index contributed by atoms with van der Waals surface area (Å²) in [7, 11) is 0. The van der Waals surface area contributed by atoms with Crippen LogP contribution < -0.4 is 10.2 Å². The lowest BCUT2D eigenvalue weighted by atomic mass is 9.49. The van der Waals surface area contributed by atoms with Gasteiger partial charge in [0.05, 0.1) is 0 Å². The van der Waals surface area contributed by atoms with Gasteiger partial charge in [-0.3, -0.25) is 4.79 Å². The average Bonchev–Trinajstić information content (AvgIpc) is 3.16. The lowest BCUT2D eigenvalue weighted by Gasteiger charge is -2.55. The molecule has 1 aromatic rings. The van der Waals surface area contributed by atoms with Crippen LogP contribution in [0.3, 0.4) is 0 Å². The fraction of sp³-hybridized carbons (Fsp3) is 0.778. The highest BCUT2D eigenvalue weighted by atomic mass is 32.1. The van der Waals surface area contributed by atoms with E-state index in [2.05, 4.69) is 15.2 Å². The number of aromatic nitrogens is 1. The van der Waals surface area contributed by atoms with Gasteiger partial charge in [-0.1, -0.05) is 0 Å². The highest BCUT2D eigenvalue weighted by molar-refractivity contribution is 7.13. The molecule has 1 saturated heterocycles. The largest absolute Gasteiger partial charge is 0.351 e. The molecule has 0 spiro atoms. The van der Waals surface area contributed by atoms with Gasteiger partial charge in [0, 0.05) is 36.1 Å². The zero-order valence-electron chi connectivity index (χ0n) is 13.5. The van der Waals surface area contributed by atoms with Crippen molar-refractivity contribution in [2.24, 2.45) is 23.2 Å². The SMILES string of the molecule is O=C(NC1CCN(c2nccs2)C1)C12CC3CC(CC(C3)C1)C2. The van der Waals surface area contributed by atoms with E-state index in [9.17, 15) is 4.79 Å². The Kier molecular flexibility index (Phi) is 3.22. The Morgan fingerprint density at radius 3 is 2.52 bits per heavy atom. The second-order valence-electron chi connectivity index (χ2n) is 8.42. The number of carbonyl (C=O) groups excluding carboxylic acids is 1. The third kappa shape index (κ3) is 2.39. The minimum Gasteiger partial charge on any atom is -0.351 e. The van der Waals surface area contributed by atoms with Crippen LogP contribution >= 0.6 is 11.3 Å². The molecule has 4 saturated carbocycles. The average molecular weight is 331 g/mol. The zero-order chi connectivity index (χ0) is 15.4. The van der Waals surface area contributed by atoms with Gasteiger partial charge in [0.2, 0.25) is 5.91 Å². The highest BCUT2D eigenvalue weighted by Crippen LogP contribution is 2.60. The Balaban J connectivity index is 1.26. The summed E-state index contributed by atoms with van der Waals surface area (Å²) in [5.74, 6) is 2.88. The van der Waals surface area contributed by atoms with Gasteiger partial charge in [-0.05, 0) is 62.7 Å². The molecule has 0 aromatic carbocycles. The number of thiazole rings is 1. The minimum atomic E-state index is -0.0106. The van der Waals surface area contributed by atoms with E-state index in [0.717, 1.165) is 61.7 Å². The fourth-order valence-corrected chi connectivity index (χ4v) is 6.83. The van der Waals surface area contributed by atoms with Crippen molar-refractivity contribution in [3.05, 3.63) is 11.6 Å². The van der Waals surface area contributed by atoms with Gasteiger partial charge in [0.15, 0.2) is 5.13 Å². The second-order valence-corrected chi connectivity index (χ2v) is 9.29. The van der Waals surface area contributed by atoms with Gasteiger partial charge in [0.25, 0.3) is 0 Å². The molecule has 1 aromatic heterocycles. The van der Waals surface area contributed by atoms with E-state index in [1.54, 1.807) is 11.3 Å². The molecule has 1 aliphatic heterocycles. The van der Waals surface area contributed by atoms with Crippen LogP contribution in [0.25, 0.3) is 0 Å². The number of nitrogens with one attached hydrogen (secondary N) is 1. The Labute approximate surface area is 141 Å². The third-order valence-corrected chi connectivity index (χ3v) is 7.57. The van der Waals surface area contributed by atoms with Crippen LogP contribution in [0.4, 0.5) is 5.13 Å². The van der Waals surface area contributed by atoms with E-state index in [1.807, 2.05) is 11.6 Å². The third-order valence-electron chi connectivity index (χ3n) is 6.73. The number of amides is 1. The van der Waals surface area contributed by atoms with Crippen LogP contribution in [-0.2, 0) is 4.79 Å². The molecule has 5 fully saturated rings. The Hall–Kier alpha value is -1.10. The topological polar surface area (TPSA) is 45.2 Å². The zero-order valence-corrected chi connectivity index (χ0v) is 14.4. The Bertz CT molecular complexity index is 564. The smallest absolute Gasteiger partial charge is 0.226 e. The summed E-state index contributed by atoms with van der Waals surface area (Å²) >= 11 is 1.69. The quantitative estimate of drug-likeness (QED) is 0.926. The van der Waals surface area contributed by atoms with Crippen molar-refractivity contribution in [1.82, 2.24) is 10.3 Å². The number of anilines is 1. The number of hydrogen-bond acceptors (Lipinski definition) is 4. The van der Waals surface area contributed by atoms with Gasteiger partial charge in [-0.2, -0.15) is 0 Å². The molecule has 124 valence electrons. The van der Waals surface area contributed by atoms with Crippen LogP contribution in [0.1, 0.15) is 44.9 Å². The Morgan fingerprint density at radius 1 is 1.22 bits per heavy atom. The molecule has 4 bridgehead atoms. The van der Waals surface area contributed by atoms with E-state index in [4.69, 9.17) is 0 Å². The summed E-state index contributed by atoms with van der Waals surface area (Å²) in [5.41, 5.74) is -0.0106. The van der Waals surface area contributed by atoms with E-state index in [-0.39, 0.29) is 5.41 Å². The van der Waals surface area contributed by atoms with Crippen LogP contribution in [0, 0.1) is 23.2 Å². The lowest BCUT2D eigenvalue weighted by Crippen LogP contribution is -2.55. The summed E-state index contributed by atoms with van der Waals surface area (Å²) in [4.78, 5) is 19.8. The van der Waals surface area contributed by atoms with Gasteiger partial charge in [-0.25, -0.2) is 4.98 Å². The van der Waals surface area contributed by atoms with Crippen molar-refractivity contribution in [2.45, 2.75) is 51.0 Å². The summed E-state index contributed by atoms with van der Waals surface area (Å²) in [6.45, 7) is 1.94. The monoisotopic (exact) mass is 331 g/mol. The maximum absolute atomic E-state index is 13.1. The standard InChI is InChI=1S/C18H25N3OS/c22-16(18-8-12-5-13(9-18)7-14(6-12)10-18)20-15-1-3-21(11-15)17-19-2-4-23-17/h2,4,12-15H,1,3,5-11H2,(H,20,22). The number of hydrogen-bond donors (Lipinski definition) is 1. The minimum absolute atomic E-state index is 0.0106. The van der Waals surface area contributed by atoms with Crippen molar-refractivity contribution >= 4 is 22.4 Å². The van der Waals surface area contributed by atoms with Gasteiger partial charge < -0.3 is 10.2 Å². The molecule has 2 heterocycles. The molecule has 4 aliphatic carbocycles. The maximum Gasteiger partial charge on any atom is 0.226 e. The molecule has 4 nitrogen and oxygen atoms in total. The van der Waals surface area contributed by atoms with Crippen LogP contribution in [-0.4, -0.2) is 30.0 Å². The molecular formula is C18H25N3OS. The molecule has 1 N–H and O–H groups in total. The van der Waals surface area contributed by atoms with Crippen molar-refractivity contribution in [1.29, 1.82) is 0 Å². The molecule has 1 amide bonds. The maximum atomic E-state index is 13.1. The Morgan fingerprint density at radius 2 is 1.91 bits per heavy atom. The van der Waals surface area contributed by atoms with Gasteiger partial charge in [-0.15, -0.1) is 11.3 Å². The summed E-state index contributed by atoms with van der Waals surface area (Å²) in [6, 6.07) is 0.305. The first-order valence-electron chi connectivity index (χ1n) is 9.16. The molecule has 6 rings (SSSR count). The normalized spacial score (nSPS) is 41.5. The number of carbonyl (C=O) groups is 1. The van der Waals surface area contributed by atoms with Crippen molar-refractivity contribution in [2.75, 3.05) is 18.0 Å². The predicted molar refractivity (Wildman–Crippen MR) is 91.5 cm³/mol.